The van der Waals surface area contributed by atoms with Gasteiger partial charge < -0.3 is 15.7 Å². The molecule has 0 aliphatic heterocycles. The summed E-state index contributed by atoms with van der Waals surface area (Å²) in [5.41, 5.74) is 1.32. The van der Waals surface area contributed by atoms with Crippen LogP contribution < -0.4 is 10.6 Å². The Morgan fingerprint density at radius 1 is 1.30 bits per heavy atom. The second-order valence-corrected chi connectivity index (χ2v) is 6.55. The van der Waals surface area contributed by atoms with Gasteiger partial charge in [-0.15, -0.1) is 0 Å². The van der Waals surface area contributed by atoms with E-state index in [1.54, 1.807) is 18.2 Å². The molecule has 1 rings (SSSR count). The van der Waals surface area contributed by atoms with Crippen LogP contribution in [0.1, 0.15) is 17.3 Å². The third-order valence-electron chi connectivity index (χ3n) is 2.61. The smallest absolute Gasteiger partial charge is 0.251 e. The van der Waals surface area contributed by atoms with Crippen LogP contribution in [0.5, 0.6) is 0 Å². The number of aliphatic hydroxyl groups is 1. The van der Waals surface area contributed by atoms with Crippen molar-refractivity contribution < 1.29 is 18.3 Å². The van der Waals surface area contributed by atoms with E-state index in [1.165, 1.54) is 0 Å². The lowest BCUT2D eigenvalue weighted by Crippen LogP contribution is -2.30. The number of rotatable bonds is 8. The average molecular weight is 300 g/mol. The molecule has 0 aromatic heterocycles. The van der Waals surface area contributed by atoms with E-state index in [2.05, 4.69) is 10.6 Å². The normalized spacial score (nSPS) is 11.1. The van der Waals surface area contributed by atoms with Crippen molar-refractivity contribution in [2.45, 2.75) is 6.92 Å². The highest BCUT2D eigenvalue weighted by Crippen LogP contribution is 2.10. The van der Waals surface area contributed by atoms with Gasteiger partial charge in [-0.05, 0) is 25.1 Å². The van der Waals surface area contributed by atoms with Crippen LogP contribution in [0.15, 0.2) is 24.3 Å². The molecule has 0 aliphatic carbocycles. The number of nitrogens with one attached hydrogen (secondary N) is 2. The van der Waals surface area contributed by atoms with Gasteiger partial charge in [0.15, 0.2) is 9.84 Å². The van der Waals surface area contributed by atoms with Crippen molar-refractivity contribution >= 4 is 21.4 Å². The van der Waals surface area contributed by atoms with Crippen LogP contribution in [0.25, 0.3) is 0 Å². The van der Waals surface area contributed by atoms with E-state index in [-0.39, 0.29) is 24.0 Å². The third-order valence-corrected chi connectivity index (χ3v) is 4.24. The molecule has 0 saturated carbocycles. The van der Waals surface area contributed by atoms with Gasteiger partial charge in [0.05, 0.1) is 18.1 Å². The quantitative estimate of drug-likeness (QED) is 0.640. The number of benzene rings is 1. The standard InChI is InChI=1S/C13H20N2O4S/c1-2-14-12-5-3-4-11(10-12)13(17)15-6-8-20(18,19)9-7-16/h3-5,10,14,16H,2,6-9H2,1H3,(H,15,17). The van der Waals surface area contributed by atoms with Crippen molar-refractivity contribution in [2.75, 3.05) is 36.5 Å². The molecule has 0 bridgehead atoms. The molecule has 112 valence electrons. The van der Waals surface area contributed by atoms with Crippen LogP contribution in [0.2, 0.25) is 0 Å². The SMILES string of the molecule is CCNc1cccc(C(=O)NCCS(=O)(=O)CCO)c1. The Kier molecular flexibility index (Phi) is 6.47. The number of sulfone groups is 1. The first-order valence-electron chi connectivity index (χ1n) is 6.42. The number of aliphatic hydroxyl groups excluding tert-OH is 1. The molecule has 20 heavy (non-hydrogen) atoms. The molecule has 0 radical (unpaired) electrons. The van der Waals surface area contributed by atoms with E-state index in [4.69, 9.17) is 5.11 Å². The fourth-order valence-electron chi connectivity index (χ4n) is 1.64. The summed E-state index contributed by atoms with van der Waals surface area (Å²) in [4.78, 5) is 11.9. The Hall–Kier alpha value is -1.60. The van der Waals surface area contributed by atoms with Crippen LogP contribution in [0.4, 0.5) is 5.69 Å². The molecule has 1 aromatic rings. The molecule has 0 saturated heterocycles. The molecule has 6 nitrogen and oxygen atoms in total. The maximum Gasteiger partial charge on any atom is 0.251 e. The molecule has 0 atom stereocenters. The second-order valence-electron chi connectivity index (χ2n) is 4.24. The van der Waals surface area contributed by atoms with Gasteiger partial charge >= 0.3 is 0 Å². The lowest BCUT2D eigenvalue weighted by Gasteiger charge is -2.08. The van der Waals surface area contributed by atoms with Gasteiger partial charge in [0, 0.05) is 24.3 Å². The van der Waals surface area contributed by atoms with E-state index in [0.717, 1.165) is 12.2 Å². The zero-order valence-corrected chi connectivity index (χ0v) is 12.2. The molecule has 0 unspecified atom stereocenters. The average Bonchev–Trinajstić information content (AvgIpc) is 2.39. The maximum atomic E-state index is 11.9. The molecule has 1 aromatic carbocycles. The molecule has 0 spiro atoms. The number of carbonyl (C=O) groups excluding carboxylic acids is 1. The lowest BCUT2D eigenvalue weighted by molar-refractivity contribution is 0.0956. The largest absolute Gasteiger partial charge is 0.395 e. The molecule has 0 fully saturated rings. The summed E-state index contributed by atoms with van der Waals surface area (Å²) in [5, 5.41) is 14.2. The van der Waals surface area contributed by atoms with E-state index >= 15 is 0 Å². The molecular weight excluding hydrogens is 280 g/mol. The fourth-order valence-corrected chi connectivity index (χ4v) is 2.53. The van der Waals surface area contributed by atoms with Gasteiger partial charge in [0.2, 0.25) is 0 Å². The van der Waals surface area contributed by atoms with Crippen LogP contribution in [-0.2, 0) is 9.84 Å². The number of anilines is 1. The van der Waals surface area contributed by atoms with E-state index in [1.807, 2.05) is 13.0 Å². The van der Waals surface area contributed by atoms with Crippen molar-refractivity contribution in [3.8, 4) is 0 Å². The van der Waals surface area contributed by atoms with Gasteiger partial charge in [0.1, 0.15) is 0 Å². The Morgan fingerprint density at radius 2 is 2.05 bits per heavy atom. The van der Waals surface area contributed by atoms with Crippen molar-refractivity contribution in [1.82, 2.24) is 5.32 Å². The number of amides is 1. The summed E-state index contributed by atoms with van der Waals surface area (Å²) in [6, 6.07) is 6.99. The number of hydrogen-bond donors (Lipinski definition) is 3. The summed E-state index contributed by atoms with van der Waals surface area (Å²) in [6.45, 7) is 2.34. The Balaban J connectivity index is 2.53. The summed E-state index contributed by atoms with van der Waals surface area (Å²) >= 11 is 0. The van der Waals surface area contributed by atoms with E-state index in [0.29, 0.717) is 5.56 Å². The van der Waals surface area contributed by atoms with Crippen molar-refractivity contribution in [3.63, 3.8) is 0 Å². The second kappa shape index (κ2) is 7.86. The predicted molar refractivity (Wildman–Crippen MR) is 78.7 cm³/mol. The Morgan fingerprint density at radius 3 is 2.70 bits per heavy atom. The summed E-state index contributed by atoms with van der Waals surface area (Å²) in [5.74, 6) is -0.769. The minimum absolute atomic E-state index is 0.0343. The summed E-state index contributed by atoms with van der Waals surface area (Å²) in [6.07, 6.45) is 0. The van der Waals surface area contributed by atoms with Crippen molar-refractivity contribution in [1.29, 1.82) is 0 Å². The third kappa shape index (κ3) is 5.58. The molecule has 0 heterocycles. The first kappa shape index (κ1) is 16.5. The topological polar surface area (TPSA) is 95.5 Å². The van der Waals surface area contributed by atoms with Gasteiger partial charge in [0.25, 0.3) is 5.91 Å². The van der Waals surface area contributed by atoms with E-state index in [9.17, 15) is 13.2 Å². The summed E-state index contributed by atoms with van der Waals surface area (Å²) in [7, 11) is -3.30. The van der Waals surface area contributed by atoms with Gasteiger partial charge in [-0.3, -0.25) is 4.79 Å². The number of hydrogen-bond acceptors (Lipinski definition) is 5. The minimum Gasteiger partial charge on any atom is -0.395 e. The molecule has 3 N–H and O–H groups in total. The monoisotopic (exact) mass is 300 g/mol. The van der Waals surface area contributed by atoms with Crippen LogP contribution >= 0.6 is 0 Å². The zero-order valence-electron chi connectivity index (χ0n) is 11.4. The first-order valence-corrected chi connectivity index (χ1v) is 8.24. The highest BCUT2D eigenvalue weighted by Gasteiger charge is 2.11. The zero-order chi connectivity index (χ0) is 15.0. The van der Waals surface area contributed by atoms with Crippen molar-refractivity contribution in [3.05, 3.63) is 29.8 Å². The number of carbonyl (C=O) groups is 1. The van der Waals surface area contributed by atoms with Gasteiger partial charge in [-0.2, -0.15) is 0 Å². The molecular formula is C13H20N2O4S. The Bertz CT molecular complexity index is 543. The minimum atomic E-state index is -3.30. The molecule has 7 heteroatoms. The lowest BCUT2D eigenvalue weighted by atomic mass is 10.2. The predicted octanol–water partition coefficient (Wildman–Crippen LogP) is 0.255. The van der Waals surface area contributed by atoms with Crippen LogP contribution in [0.3, 0.4) is 0 Å². The summed E-state index contributed by atoms with van der Waals surface area (Å²) < 4.78 is 22.7. The van der Waals surface area contributed by atoms with Crippen LogP contribution in [-0.4, -0.2) is 50.6 Å². The van der Waals surface area contributed by atoms with Gasteiger partial charge in [-0.1, -0.05) is 6.07 Å². The molecule has 1 amide bonds. The first-order chi connectivity index (χ1) is 9.48. The Labute approximate surface area is 119 Å². The van der Waals surface area contributed by atoms with Crippen LogP contribution in [0, 0.1) is 0 Å². The highest BCUT2D eigenvalue weighted by atomic mass is 32.2. The van der Waals surface area contributed by atoms with Gasteiger partial charge in [-0.25, -0.2) is 8.42 Å². The fraction of sp³-hybridized carbons (Fsp3) is 0.462. The van der Waals surface area contributed by atoms with E-state index < -0.39 is 16.4 Å². The highest BCUT2D eigenvalue weighted by molar-refractivity contribution is 7.91. The van der Waals surface area contributed by atoms with Crippen molar-refractivity contribution in [2.24, 2.45) is 0 Å². The maximum absolute atomic E-state index is 11.9. The molecule has 0 aliphatic rings.